The van der Waals surface area contributed by atoms with E-state index in [1.165, 1.54) is 0 Å². The number of halogens is 1. The lowest BCUT2D eigenvalue weighted by atomic mass is 9.88. The van der Waals surface area contributed by atoms with Crippen molar-refractivity contribution in [2.45, 2.75) is 19.8 Å². The largest absolute Gasteiger partial charge is 0.338 e. The van der Waals surface area contributed by atoms with E-state index in [4.69, 9.17) is 11.6 Å². The van der Waals surface area contributed by atoms with Crippen LogP contribution in [0.15, 0.2) is 42.7 Å². The highest BCUT2D eigenvalue weighted by Gasteiger charge is 2.30. The molecule has 1 fully saturated rings. The van der Waals surface area contributed by atoms with Crippen LogP contribution >= 0.6 is 11.6 Å². The molecule has 124 valence electrons. The Kier molecular flexibility index (Phi) is 4.95. The van der Waals surface area contributed by atoms with Gasteiger partial charge in [0.2, 0.25) is 0 Å². The SMILES string of the molecule is Cc1cc(Cl)ccc1C(=O)C1CCCN(C(=O)c2ccncc2)C1. The number of amides is 1. The van der Waals surface area contributed by atoms with Crippen LogP contribution in [0.5, 0.6) is 0 Å². The number of likely N-dealkylation sites (tertiary alicyclic amines) is 1. The molecular weight excluding hydrogens is 324 g/mol. The Morgan fingerprint density at radius 1 is 1.21 bits per heavy atom. The molecule has 2 aromatic rings. The second kappa shape index (κ2) is 7.14. The number of rotatable bonds is 3. The molecule has 0 radical (unpaired) electrons. The summed E-state index contributed by atoms with van der Waals surface area (Å²) >= 11 is 5.97. The molecule has 1 aliphatic heterocycles. The summed E-state index contributed by atoms with van der Waals surface area (Å²) in [5.41, 5.74) is 2.19. The zero-order chi connectivity index (χ0) is 17.1. The third-order valence-corrected chi connectivity index (χ3v) is 4.70. The van der Waals surface area contributed by atoms with Crippen LogP contribution in [0, 0.1) is 12.8 Å². The van der Waals surface area contributed by atoms with Gasteiger partial charge in [0.25, 0.3) is 5.91 Å². The van der Waals surface area contributed by atoms with Gasteiger partial charge in [-0.3, -0.25) is 14.6 Å². The number of pyridine rings is 1. The van der Waals surface area contributed by atoms with Crippen LogP contribution in [0.25, 0.3) is 0 Å². The standard InChI is InChI=1S/C19H19ClN2O2/c1-13-11-16(20)4-5-17(13)18(23)15-3-2-10-22(12-15)19(24)14-6-8-21-9-7-14/h4-9,11,15H,2-3,10,12H2,1H3. The third kappa shape index (κ3) is 3.49. The molecule has 5 heteroatoms. The van der Waals surface area contributed by atoms with Crippen LogP contribution < -0.4 is 0 Å². The number of hydrogen-bond acceptors (Lipinski definition) is 3. The van der Waals surface area contributed by atoms with E-state index in [2.05, 4.69) is 4.98 Å². The fourth-order valence-corrected chi connectivity index (χ4v) is 3.40. The van der Waals surface area contributed by atoms with Crippen molar-refractivity contribution in [3.63, 3.8) is 0 Å². The van der Waals surface area contributed by atoms with E-state index in [0.29, 0.717) is 29.2 Å². The van der Waals surface area contributed by atoms with Crippen molar-refractivity contribution in [3.05, 3.63) is 64.4 Å². The number of piperidine rings is 1. The summed E-state index contributed by atoms with van der Waals surface area (Å²) in [7, 11) is 0. The van der Waals surface area contributed by atoms with Gasteiger partial charge in [0.15, 0.2) is 5.78 Å². The molecule has 1 amide bonds. The normalized spacial score (nSPS) is 17.6. The molecule has 1 atom stereocenters. The lowest BCUT2D eigenvalue weighted by molar-refractivity contribution is 0.0636. The molecule has 0 saturated carbocycles. The minimum atomic E-state index is -0.163. The quantitative estimate of drug-likeness (QED) is 0.798. The fourth-order valence-electron chi connectivity index (χ4n) is 3.18. The molecule has 1 aromatic carbocycles. The van der Waals surface area contributed by atoms with Gasteiger partial charge < -0.3 is 4.90 Å². The van der Waals surface area contributed by atoms with E-state index < -0.39 is 0 Å². The third-order valence-electron chi connectivity index (χ3n) is 4.46. The molecule has 0 aliphatic carbocycles. The molecule has 1 aromatic heterocycles. The van der Waals surface area contributed by atoms with Crippen LogP contribution in [0.2, 0.25) is 5.02 Å². The Morgan fingerprint density at radius 3 is 2.67 bits per heavy atom. The highest BCUT2D eigenvalue weighted by Crippen LogP contribution is 2.25. The minimum Gasteiger partial charge on any atom is -0.338 e. The summed E-state index contributed by atoms with van der Waals surface area (Å²) in [6.07, 6.45) is 4.86. The predicted octanol–water partition coefficient (Wildman–Crippen LogP) is 3.78. The Bertz CT molecular complexity index is 761. The first-order valence-corrected chi connectivity index (χ1v) is 8.43. The van der Waals surface area contributed by atoms with Gasteiger partial charge in [-0.05, 0) is 55.7 Å². The summed E-state index contributed by atoms with van der Waals surface area (Å²) in [6.45, 7) is 3.04. The van der Waals surface area contributed by atoms with Gasteiger partial charge >= 0.3 is 0 Å². The van der Waals surface area contributed by atoms with E-state index in [9.17, 15) is 9.59 Å². The molecule has 2 heterocycles. The minimum absolute atomic E-state index is 0.0391. The maximum Gasteiger partial charge on any atom is 0.253 e. The molecule has 24 heavy (non-hydrogen) atoms. The molecule has 4 nitrogen and oxygen atoms in total. The second-order valence-corrected chi connectivity index (χ2v) is 6.59. The first kappa shape index (κ1) is 16.7. The van der Waals surface area contributed by atoms with E-state index in [1.54, 1.807) is 47.6 Å². The van der Waals surface area contributed by atoms with Crippen molar-refractivity contribution >= 4 is 23.3 Å². The van der Waals surface area contributed by atoms with E-state index in [-0.39, 0.29) is 17.6 Å². The predicted molar refractivity (Wildman–Crippen MR) is 93.4 cm³/mol. The summed E-state index contributed by atoms with van der Waals surface area (Å²) in [5, 5.41) is 0.627. The number of carbonyl (C=O) groups is 2. The molecular formula is C19H19ClN2O2. The maximum atomic E-state index is 12.8. The maximum absolute atomic E-state index is 12.8. The van der Waals surface area contributed by atoms with Crippen molar-refractivity contribution < 1.29 is 9.59 Å². The van der Waals surface area contributed by atoms with Crippen LogP contribution in [-0.4, -0.2) is 34.7 Å². The average molecular weight is 343 g/mol. The van der Waals surface area contributed by atoms with Gasteiger partial charge in [0.05, 0.1) is 0 Å². The van der Waals surface area contributed by atoms with Crippen LogP contribution in [0.3, 0.4) is 0 Å². The highest BCUT2D eigenvalue weighted by molar-refractivity contribution is 6.30. The Balaban J connectivity index is 1.75. The van der Waals surface area contributed by atoms with Gasteiger partial charge in [0, 0.05) is 47.6 Å². The molecule has 0 bridgehead atoms. The number of ketones is 1. The van der Waals surface area contributed by atoms with Crippen molar-refractivity contribution in [1.29, 1.82) is 0 Å². The molecule has 1 aliphatic rings. The summed E-state index contributed by atoms with van der Waals surface area (Å²) in [5.74, 6) is -0.108. The lowest BCUT2D eigenvalue weighted by Crippen LogP contribution is -2.42. The van der Waals surface area contributed by atoms with Gasteiger partial charge in [-0.2, -0.15) is 0 Å². The number of Topliss-reactive ketones (excluding diaryl/α,β-unsaturated/α-hetero) is 1. The van der Waals surface area contributed by atoms with Gasteiger partial charge in [-0.1, -0.05) is 11.6 Å². The molecule has 1 saturated heterocycles. The van der Waals surface area contributed by atoms with E-state index in [1.807, 2.05) is 6.92 Å². The fraction of sp³-hybridized carbons (Fsp3) is 0.316. The summed E-state index contributed by atoms with van der Waals surface area (Å²) in [4.78, 5) is 31.1. The van der Waals surface area contributed by atoms with Gasteiger partial charge in [-0.15, -0.1) is 0 Å². The summed E-state index contributed by atoms with van der Waals surface area (Å²) < 4.78 is 0. The number of nitrogens with zero attached hydrogens (tertiary/aromatic N) is 2. The van der Waals surface area contributed by atoms with E-state index >= 15 is 0 Å². The van der Waals surface area contributed by atoms with Crippen LogP contribution in [0.1, 0.15) is 39.1 Å². The Hall–Kier alpha value is -2.20. The summed E-state index contributed by atoms with van der Waals surface area (Å²) in [6, 6.07) is 8.74. The van der Waals surface area contributed by atoms with Gasteiger partial charge in [0.1, 0.15) is 0 Å². The lowest BCUT2D eigenvalue weighted by Gasteiger charge is -2.32. The van der Waals surface area contributed by atoms with Crippen LogP contribution in [-0.2, 0) is 0 Å². The number of benzene rings is 1. The highest BCUT2D eigenvalue weighted by atomic mass is 35.5. The molecule has 0 spiro atoms. The zero-order valence-corrected chi connectivity index (χ0v) is 14.3. The average Bonchev–Trinajstić information content (AvgIpc) is 2.61. The monoisotopic (exact) mass is 342 g/mol. The van der Waals surface area contributed by atoms with Crippen molar-refractivity contribution in [1.82, 2.24) is 9.88 Å². The van der Waals surface area contributed by atoms with Crippen LogP contribution in [0.4, 0.5) is 0 Å². The molecule has 0 N–H and O–H groups in total. The molecule has 3 rings (SSSR count). The van der Waals surface area contributed by atoms with Gasteiger partial charge in [-0.25, -0.2) is 0 Å². The smallest absolute Gasteiger partial charge is 0.253 e. The Labute approximate surface area is 146 Å². The first-order valence-electron chi connectivity index (χ1n) is 8.06. The number of aryl methyl sites for hydroxylation is 1. The van der Waals surface area contributed by atoms with Crippen molar-refractivity contribution in [2.24, 2.45) is 5.92 Å². The van der Waals surface area contributed by atoms with Crippen molar-refractivity contribution in [2.75, 3.05) is 13.1 Å². The number of hydrogen-bond donors (Lipinski definition) is 0. The topological polar surface area (TPSA) is 50.3 Å². The van der Waals surface area contributed by atoms with Crippen molar-refractivity contribution in [3.8, 4) is 0 Å². The first-order chi connectivity index (χ1) is 11.6. The molecule has 1 unspecified atom stereocenters. The number of aromatic nitrogens is 1. The number of carbonyl (C=O) groups excluding carboxylic acids is 2. The second-order valence-electron chi connectivity index (χ2n) is 6.15. The Morgan fingerprint density at radius 2 is 1.96 bits per heavy atom. The van der Waals surface area contributed by atoms with E-state index in [0.717, 1.165) is 18.4 Å². The zero-order valence-electron chi connectivity index (χ0n) is 13.5.